The molecule has 0 atom stereocenters. The van der Waals surface area contributed by atoms with Crippen LogP contribution in [0.1, 0.15) is 6.92 Å². The second-order valence-corrected chi connectivity index (χ2v) is 15.8. The van der Waals surface area contributed by atoms with Gasteiger partial charge in [-0.25, -0.2) is 4.99 Å². The lowest BCUT2D eigenvalue weighted by Gasteiger charge is -2.33. The largest absolute Gasteiger partial charge is 0.311 e. The smallest absolute Gasteiger partial charge is 0.171 e. The second kappa shape index (κ2) is 22.2. The van der Waals surface area contributed by atoms with Gasteiger partial charge in [0, 0.05) is 69.3 Å². The Morgan fingerprint density at radius 2 is 0.667 bits per heavy atom. The number of nitrogens with zero attached hydrogens (tertiary/aromatic N) is 6. The summed E-state index contributed by atoms with van der Waals surface area (Å²) in [4.78, 5) is 18.1. The van der Waals surface area contributed by atoms with Crippen LogP contribution in [-0.2, 0) is 0 Å². The van der Waals surface area contributed by atoms with Gasteiger partial charge in [-0.05, 0) is 158 Å². The van der Waals surface area contributed by atoms with Gasteiger partial charge in [-0.15, -0.1) is 0 Å². The van der Waals surface area contributed by atoms with Gasteiger partial charge in [0.1, 0.15) is 5.70 Å². The van der Waals surface area contributed by atoms with E-state index in [2.05, 4.69) is 237 Å². The zero-order chi connectivity index (χ0) is 47.0. The third-order valence-electron chi connectivity index (χ3n) is 11.4. The zero-order valence-electron chi connectivity index (χ0n) is 38.4. The van der Waals surface area contributed by atoms with Gasteiger partial charge in [0.2, 0.25) is 0 Å². The van der Waals surface area contributed by atoms with Crippen molar-refractivity contribution in [2.75, 3.05) is 19.6 Å². The molecule has 9 aromatic rings. The highest BCUT2D eigenvalue weighted by atomic mass is 15.3. The summed E-state index contributed by atoms with van der Waals surface area (Å²) in [6.45, 7) is 5.67. The van der Waals surface area contributed by atoms with E-state index in [1.165, 1.54) is 5.56 Å². The quantitative estimate of drug-likeness (QED) is 0.0584. The molecular formula is C63H50N6. The Morgan fingerprint density at radius 3 is 1.07 bits per heavy atom. The minimum Gasteiger partial charge on any atom is -0.311 e. The van der Waals surface area contributed by atoms with Crippen LogP contribution in [0.4, 0.5) is 56.9 Å². The van der Waals surface area contributed by atoms with Crippen LogP contribution in [0, 0.1) is 0 Å². The number of hydrogen-bond donors (Lipinski definition) is 0. The molecule has 0 radical (unpaired) electrons. The van der Waals surface area contributed by atoms with Gasteiger partial charge in [0.05, 0.1) is 0 Å². The maximum absolute atomic E-state index is 5.22. The fourth-order valence-corrected chi connectivity index (χ4v) is 8.24. The standard InChI is InChI=1S/C63H50N6/c1-3-4-35-62(68(55-31-19-9-20-32-55)60-44-40-58(41-45-60)66(52-25-13-6-14-26-52)53-27-15-7-16-28-53)63(65-49-48-64-2)69(56-33-21-10-22-34-56)61-46-42-59(43-47-61)67(54-29-17-8-18-30-54)57-38-36-51(37-39-57)50-23-11-5-12-24-50/h3,5-34,36-49H,2H2,1H3/b49-48-,62-3?,65-63?. The van der Waals surface area contributed by atoms with Crippen LogP contribution in [0.2, 0.25) is 0 Å². The summed E-state index contributed by atoms with van der Waals surface area (Å²) in [6.07, 6.45) is 5.12. The highest BCUT2D eigenvalue weighted by Gasteiger charge is 2.27. The van der Waals surface area contributed by atoms with E-state index in [9.17, 15) is 0 Å². The molecule has 0 aliphatic carbocycles. The molecule has 0 spiro atoms. The Labute approximate surface area is 405 Å². The molecule has 0 aromatic heterocycles. The molecule has 0 amide bonds. The lowest BCUT2D eigenvalue weighted by molar-refractivity contribution is 1.19. The normalized spacial score (nSPS) is 10.9. The van der Waals surface area contributed by atoms with Gasteiger partial charge >= 0.3 is 0 Å². The number of anilines is 10. The number of hydrogen-bond acceptors (Lipinski definition) is 5. The lowest BCUT2D eigenvalue weighted by Crippen LogP contribution is -2.34. The van der Waals surface area contributed by atoms with E-state index in [-0.39, 0.29) is 0 Å². The lowest BCUT2D eigenvalue weighted by atomic mass is 10.0. The van der Waals surface area contributed by atoms with Crippen LogP contribution in [0.25, 0.3) is 11.1 Å². The highest BCUT2D eigenvalue weighted by molar-refractivity contribution is 6.17. The summed E-state index contributed by atoms with van der Waals surface area (Å²) in [6, 6.07) is 88.2. The van der Waals surface area contributed by atoms with Gasteiger partial charge < -0.3 is 14.7 Å². The summed E-state index contributed by atoms with van der Waals surface area (Å²) in [5, 5.41) is 0. The van der Waals surface area contributed by atoms with Crippen LogP contribution in [0.3, 0.4) is 0 Å². The molecule has 0 N–H and O–H groups in total. The third kappa shape index (κ3) is 10.5. The molecule has 6 nitrogen and oxygen atoms in total. The van der Waals surface area contributed by atoms with Gasteiger partial charge in [0.25, 0.3) is 0 Å². The van der Waals surface area contributed by atoms with Crippen LogP contribution >= 0.6 is 0 Å². The first-order chi connectivity index (χ1) is 34.2. The van der Waals surface area contributed by atoms with Crippen molar-refractivity contribution in [3.8, 4) is 11.1 Å². The van der Waals surface area contributed by atoms with E-state index >= 15 is 0 Å². The Bertz CT molecular complexity index is 3180. The molecule has 69 heavy (non-hydrogen) atoms. The number of amidine groups is 1. The van der Waals surface area contributed by atoms with E-state index < -0.39 is 0 Å². The van der Waals surface area contributed by atoms with Crippen LogP contribution in [0.5, 0.6) is 0 Å². The van der Waals surface area contributed by atoms with Crippen LogP contribution < -0.4 is 19.6 Å². The first kappa shape index (κ1) is 44.7. The highest BCUT2D eigenvalue weighted by Crippen LogP contribution is 2.41. The topological polar surface area (TPSA) is 37.7 Å². The zero-order valence-corrected chi connectivity index (χ0v) is 38.4. The molecule has 0 fully saturated rings. The maximum Gasteiger partial charge on any atom is 0.171 e. The number of benzene rings is 9. The van der Waals surface area contributed by atoms with Gasteiger partial charge in [-0.3, -0.25) is 9.89 Å². The molecule has 0 aliphatic heterocycles. The van der Waals surface area contributed by atoms with Crippen molar-refractivity contribution < 1.29 is 0 Å². The van der Waals surface area contributed by atoms with Crippen molar-refractivity contribution in [2.24, 2.45) is 9.98 Å². The molecular weight excluding hydrogens is 841 g/mol. The van der Waals surface area contributed by atoms with E-state index in [0.29, 0.717) is 11.5 Å². The molecule has 0 saturated carbocycles. The SMILES string of the molecule is C=N/C=C\N=C(C(=C=C=CC)N(c1ccccc1)c1ccc(N(c2ccccc2)c2ccccc2)cc1)N(c1ccccc1)c1ccc(N(c2ccccc2)c2ccc(-c3ccccc3)cc2)cc1. The number of aliphatic imine (C=N–C) groups is 2. The third-order valence-corrected chi connectivity index (χ3v) is 11.4. The summed E-state index contributed by atoms with van der Waals surface area (Å²) >= 11 is 0. The van der Waals surface area contributed by atoms with Crippen molar-refractivity contribution in [1.82, 2.24) is 0 Å². The average molecular weight is 891 g/mol. The summed E-state index contributed by atoms with van der Waals surface area (Å²) in [5.41, 5.74) is 19.6. The summed E-state index contributed by atoms with van der Waals surface area (Å²) < 4.78 is 0. The van der Waals surface area contributed by atoms with Gasteiger partial charge in [-0.1, -0.05) is 139 Å². The van der Waals surface area contributed by atoms with Crippen molar-refractivity contribution in [3.05, 3.63) is 290 Å². The Balaban J connectivity index is 1.17. The molecule has 0 aliphatic rings. The number of rotatable bonds is 15. The number of allylic oxidation sites excluding steroid dienone is 1. The predicted octanol–water partition coefficient (Wildman–Crippen LogP) is 17.1. The van der Waals surface area contributed by atoms with E-state index in [0.717, 1.165) is 62.4 Å². The van der Waals surface area contributed by atoms with Gasteiger partial charge in [0.15, 0.2) is 5.84 Å². The second-order valence-electron chi connectivity index (χ2n) is 15.8. The Morgan fingerprint density at radius 1 is 0.362 bits per heavy atom. The Hall–Kier alpha value is -9.44. The Kier molecular flexibility index (Phi) is 14.4. The molecule has 9 rings (SSSR count). The average Bonchev–Trinajstić information content (AvgIpc) is 3.42. The van der Waals surface area contributed by atoms with Crippen molar-refractivity contribution >= 4 is 69.4 Å². The number of para-hydroxylation sites is 5. The van der Waals surface area contributed by atoms with Crippen molar-refractivity contribution in [3.63, 3.8) is 0 Å². The van der Waals surface area contributed by atoms with E-state index in [1.54, 1.807) is 12.4 Å². The molecule has 0 bridgehead atoms. The molecule has 9 aromatic carbocycles. The van der Waals surface area contributed by atoms with Crippen molar-refractivity contribution in [2.45, 2.75) is 6.92 Å². The van der Waals surface area contributed by atoms with E-state index in [1.807, 2.05) is 73.7 Å². The first-order valence-corrected chi connectivity index (χ1v) is 22.9. The molecule has 332 valence electrons. The van der Waals surface area contributed by atoms with Crippen molar-refractivity contribution in [1.29, 1.82) is 0 Å². The molecule has 0 heterocycles. The predicted molar refractivity (Wildman–Crippen MR) is 292 cm³/mol. The minimum atomic E-state index is 0.572. The van der Waals surface area contributed by atoms with E-state index in [4.69, 9.17) is 4.99 Å². The molecule has 0 saturated heterocycles. The van der Waals surface area contributed by atoms with Crippen LogP contribution in [0.15, 0.2) is 300 Å². The maximum atomic E-state index is 5.22. The fourth-order valence-electron chi connectivity index (χ4n) is 8.24. The van der Waals surface area contributed by atoms with Gasteiger partial charge in [-0.2, -0.15) is 0 Å². The van der Waals surface area contributed by atoms with Crippen LogP contribution in [-0.4, -0.2) is 12.6 Å². The molecule has 6 heteroatoms. The fraction of sp³-hybridized carbons (Fsp3) is 0.0159. The monoisotopic (exact) mass is 890 g/mol. The summed E-state index contributed by atoms with van der Waals surface area (Å²) in [7, 11) is 0. The first-order valence-electron chi connectivity index (χ1n) is 22.9. The summed E-state index contributed by atoms with van der Waals surface area (Å²) in [5.74, 6) is 0.572. The molecule has 0 unspecified atom stereocenters. The minimum absolute atomic E-state index is 0.572.